The fraction of sp³-hybridized carbons (Fsp3) is 0.389. The number of piperidine rings is 1. The first kappa shape index (κ1) is 17.2. The van der Waals surface area contributed by atoms with Crippen molar-refractivity contribution < 1.29 is 9.90 Å². The molecule has 1 aliphatic rings. The van der Waals surface area contributed by atoms with Crippen LogP contribution >= 0.6 is 0 Å². The van der Waals surface area contributed by atoms with Gasteiger partial charge < -0.3 is 14.6 Å². The van der Waals surface area contributed by atoms with E-state index in [-0.39, 0.29) is 5.56 Å². The minimum absolute atomic E-state index is 0.206. The van der Waals surface area contributed by atoms with E-state index in [1.165, 1.54) is 6.20 Å². The zero-order valence-corrected chi connectivity index (χ0v) is 15.1. The Bertz CT molecular complexity index is 910. The number of nitrogens with zero attached hydrogens (tertiary/aromatic N) is 7. The first-order chi connectivity index (χ1) is 13.1. The van der Waals surface area contributed by atoms with Crippen LogP contribution in [0.5, 0.6) is 0 Å². The molecule has 3 aromatic rings. The molecule has 0 unspecified atom stereocenters. The zero-order valence-electron chi connectivity index (χ0n) is 15.1. The lowest BCUT2D eigenvalue weighted by molar-refractivity contribution is 0.0696. The summed E-state index contributed by atoms with van der Waals surface area (Å²) in [5, 5.41) is 22.0. The molecule has 0 radical (unpaired) electrons. The molecule has 0 aliphatic carbocycles. The Morgan fingerprint density at radius 1 is 1.26 bits per heavy atom. The van der Waals surface area contributed by atoms with Gasteiger partial charge in [-0.05, 0) is 31.0 Å². The largest absolute Gasteiger partial charge is 0.478 e. The highest BCUT2D eigenvalue weighted by molar-refractivity contribution is 5.87. The summed E-state index contributed by atoms with van der Waals surface area (Å²) in [4.78, 5) is 17.4. The summed E-state index contributed by atoms with van der Waals surface area (Å²) in [6.45, 7) is 2.31. The maximum absolute atomic E-state index is 10.9. The summed E-state index contributed by atoms with van der Waals surface area (Å²) in [5.41, 5.74) is 0.206. The third kappa shape index (κ3) is 3.53. The molecule has 4 rings (SSSR count). The number of pyridine rings is 1. The smallest absolute Gasteiger partial charge is 0.337 e. The predicted molar refractivity (Wildman–Crippen MR) is 97.7 cm³/mol. The number of carbonyl (C=O) groups is 1. The minimum atomic E-state index is -0.957. The van der Waals surface area contributed by atoms with Crippen LogP contribution in [0.3, 0.4) is 0 Å². The first-order valence-corrected chi connectivity index (χ1v) is 8.91. The van der Waals surface area contributed by atoms with Gasteiger partial charge in [-0.3, -0.25) is 4.68 Å². The van der Waals surface area contributed by atoms with Crippen LogP contribution in [0.2, 0.25) is 0 Å². The van der Waals surface area contributed by atoms with Crippen molar-refractivity contribution in [3.05, 3.63) is 54.0 Å². The summed E-state index contributed by atoms with van der Waals surface area (Å²) >= 11 is 0. The number of hydrogen-bond donors (Lipinski definition) is 1. The van der Waals surface area contributed by atoms with E-state index in [1.54, 1.807) is 18.3 Å². The third-order valence-electron chi connectivity index (χ3n) is 5.04. The van der Waals surface area contributed by atoms with Crippen molar-refractivity contribution in [3.8, 4) is 0 Å². The molecule has 9 nitrogen and oxygen atoms in total. The van der Waals surface area contributed by atoms with E-state index in [9.17, 15) is 4.79 Å². The summed E-state index contributed by atoms with van der Waals surface area (Å²) < 4.78 is 3.91. The number of hydrogen-bond acceptors (Lipinski definition) is 6. The second-order valence-corrected chi connectivity index (χ2v) is 6.71. The molecule has 0 saturated carbocycles. The van der Waals surface area contributed by atoms with E-state index in [1.807, 2.05) is 24.0 Å². The SMILES string of the molecule is Cn1c(Cn2cccn2)nnc1C1CCN(c2ccc(C(=O)O)cn2)CC1. The standard InChI is InChI=1S/C18H21N7O2/c1-23-16(12-25-8-2-7-20-25)21-22-17(23)13-5-9-24(10-6-13)15-4-3-14(11-19-15)18(26)27/h2-4,7-8,11,13H,5-6,9-10,12H2,1H3,(H,26,27). The number of rotatable bonds is 5. The number of carboxylic acids is 1. The van der Waals surface area contributed by atoms with E-state index in [0.717, 1.165) is 43.4 Å². The van der Waals surface area contributed by atoms with E-state index in [4.69, 9.17) is 5.11 Å². The molecule has 140 valence electrons. The van der Waals surface area contributed by atoms with Crippen molar-refractivity contribution >= 4 is 11.8 Å². The van der Waals surface area contributed by atoms with Crippen LogP contribution in [0.25, 0.3) is 0 Å². The van der Waals surface area contributed by atoms with Gasteiger partial charge in [0.15, 0.2) is 5.82 Å². The van der Waals surface area contributed by atoms with E-state index in [2.05, 4.69) is 29.7 Å². The Morgan fingerprint density at radius 3 is 2.70 bits per heavy atom. The van der Waals surface area contributed by atoms with Gasteiger partial charge in [0.2, 0.25) is 0 Å². The van der Waals surface area contributed by atoms with Gasteiger partial charge in [0, 0.05) is 44.6 Å². The molecule has 27 heavy (non-hydrogen) atoms. The molecule has 0 amide bonds. The lowest BCUT2D eigenvalue weighted by Gasteiger charge is -2.32. The highest BCUT2D eigenvalue weighted by atomic mass is 16.4. The molecule has 0 bridgehead atoms. The summed E-state index contributed by atoms with van der Waals surface area (Å²) in [5.74, 6) is 2.10. The first-order valence-electron chi connectivity index (χ1n) is 8.91. The average Bonchev–Trinajstić information content (AvgIpc) is 3.33. The molecular weight excluding hydrogens is 346 g/mol. The van der Waals surface area contributed by atoms with Crippen LogP contribution in [-0.2, 0) is 13.6 Å². The van der Waals surface area contributed by atoms with Gasteiger partial charge in [-0.25, -0.2) is 9.78 Å². The van der Waals surface area contributed by atoms with Crippen molar-refractivity contribution in [1.82, 2.24) is 29.5 Å². The van der Waals surface area contributed by atoms with Gasteiger partial charge in [-0.2, -0.15) is 5.10 Å². The Labute approximate surface area is 156 Å². The number of aromatic carboxylic acids is 1. The van der Waals surface area contributed by atoms with Crippen molar-refractivity contribution in [1.29, 1.82) is 0 Å². The zero-order chi connectivity index (χ0) is 18.8. The molecule has 4 heterocycles. The van der Waals surface area contributed by atoms with Crippen LogP contribution in [0.4, 0.5) is 5.82 Å². The Morgan fingerprint density at radius 2 is 2.07 bits per heavy atom. The van der Waals surface area contributed by atoms with Crippen molar-refractivity contribution in [2.24, 2.45) is 7.05 Å². The third-order valence-corrected chi connectivity index (χ3v) is 5.04. The van der Waals surface area contributed by atoms with Gasteiger partial charge in [-0.1, -0.05) is 0 Å². The molecule has 1 fully saturated rings. The van der Waals surface area contributed by atoms with Gasteiger partial charge in [0.25, 0.3) is 0 Å². The van der Waals surface area contributed by atoms with E-state index >= 15 is 0 Å². The van der Waals surface area contributed by atoms with Gasteiger partial charge >= 0.3 is 5.97 Å². The molecule has 1 saturated heterocycles. The Balaban J connectivity index is 1.40. The Hall–Kier alpha value is -3.23. The van der Waals surface area contributed by atoms with E-state index in [0.29, 0.717) is 12.5 Å². The predicted octanol–water partition coefficient (Wildman–Crippen LogP) is 1.54. The van der Waals surface area contributed by atoms with Gasteiger partial charge in [0.1, 0.15) is 18.2 Å². The fourth-order valence-electron chi connectivity index (χ4n) is 3.47. The van der Waals surface area contributed by atoms with Crippen LogP contribution in [0.1, 0.15) is 40.8 Å². The summed E-state index contributed by atoms with van der Waals surface area (Å²) in [7, 11) is 2.01. The van der Waals surface area contributed by atoms with Crippen LogP contribution in [-0.4, -0.2) is 53.7 Å². The van der Waals surface area contributed by atoms with Crippen molar-refractivity contribution in [2.45, 2.75) is 25.3 Å². The number of aromatic nitrogens is 6. The number of carboxylic acid groups (broad SMARTS) is 1. The molecule has 1 aliphatic heterocycles. The minimum Gasteiger partial charge on any atom is -0.478 e. The molecule has 0 spiro atoms. The molecule has 1 N–H and O–H groups in total. The summed E-state index contributed by atoms with van der Waals surface area (Å²) in [6, 6.07) is 5.26. The van der Waals surface area contributed by atoms with Crippen LogP contribution < -0.4 is 4.90 Å². The van der Waals surface area contributed by atoms with E-state index < -0.39 is 5.97 Å². The van der Waals surface area contributed by atoms with Crippen molar-refractivity contribution in [3.63, 3.8) is 0 Å². The maximum Gasteiger partial charge on any atom is 0.337 e. The molecule has 0 aromatic carbocycles. The van der Waals surface area contributed by atoms with Crippen LogP contribution in [0, 0.1) is 0 Å². The van der Waals surface area contributed by atoms with Crippen LogP contribution in [0.15, 0.2) is 36.8 Å². The molecule has 0 atom stereocenters. The molecule has 9 heteroatoms. The van der Waals surface area contributed by atoms with Crippen molar-refractivity contribution in [2.75, 3.05) is 18.0 Å². The second kappa shape index (κ2) is 7.18. The highest BCUT2D eigenvalue weighted by Crippen LogP contribution is 2.29. The average molecular weight is 367 g/mol. The molecule has 3 aromatic heterocycles. The lowest BCUT2D eigenvalue weighted by Crippen LogP contribution is -2.34. The maximum atomic E-state index is 10.9. The molecular formula is C18H21N7O2. The quantitative estimate of drug-likeness (QED) is 0.730. The van der Waals surface area contributed by atoms with Gasteiger partial charge in [-0.15, -0.1) is 10.2 Å². The topological polar surface area (TPSA) is 102 Å². The normalized spacial score (nSPS) is 15.2. The Kier molecular flexibility index (Phi) is 4.57. The fourth-order valence-corrected chi connectivity index (χ4v) is 3.47. The summed E-state index contributed by atoms with van der Waals surface area (Å²) in [6.07, 6.45) is 6.99. The second-order valence-electron chi connectivity index (χ2n) is 6.71. The van der Waals surface area contributed by atoms with Gasteiger partial charge in [0.05, 0.1) is 5.56 Å². The highest BCUT2D eigenvalue weighted by Gasteiger charge is 2.26. The lowest BCUT2D eigenvalue weighted by atomic mass is 9.96. The number of anilines is 1. The monoisotopic (exact) mass is 367 g/mol.